The van der Waals surface area contributed by atoms with Crippen molar-refractivity contribution >= 4 is 25.6 Å². The van der Waals surface area contributed by atoms with Gasteiger partial charge < -0.3 is 10.1 Å². The highest BCUT2D eigenvalue weighted by Crippen LogP contribution is 2.43. The Morgan fingerprint density at radius 2 is 1.66 bits per heavy atom. The minimum Gasteiger partial charge on any atom is -0.381 e. The van der Waals surface area contributed by atoms with Gasteiger partial charge in [-0.3, -0.25) is 4.79 Å². The van der Waals surface area contributed by atoms with Crippen LogP contribution in [0, 0.1) is 17.2 Å². The summed E-state index contributed by atoms with van der Waals surface area (Å²) >= 11 is 0. The zero-order valence-electron chi connectivity index (χ0n) is 20.4. The minimum atomic E-state index is -5.01. The molecule has 13 heteroatoms. The lowest BCUT2D eigenvalue weighted by molar-refractivity contribution is -0.139. The normalized spacial score (nSPS) is 23.0. The predicted octanol–water partition coefficient (Wildman–Crippen LogP) is 3.52. The zero-order chi connectivity index (χ0) is 28.1. The number of hydrogen-bond donors (Lipinski definition) is 1. The number of sulfone groups is 2. The number of nitriles is 1. The molecule has 1 amide bonds. The summed E-state index contributed by atoms with van der Waals surface area (Å²) in [4.78, 5) is 11.9. The van der Waals surface area contributed by atoms with E-state index in [2.05, 4.69) is 5.32 Å². The van der Waals surface area contributed by atoms with E-state index < -0.39 is 65.0 Å². The summed E-state index contributed by atoms with van der Waals surface area (Å²) in [6.45, 7) is 0. The van der Waals surface area contributed by atoms with E-state index in [1.54, 1.807) is 0 Å². The molecule has 2 fully saturated rings. The lowest BCUT2D eigenvalue weighted by Crippen LogP contribution is -2.42. The van der Waals surface area contributed by atoms with Crippen molar-refractivity contribution in [2.24, 2.45) is 5.92 Å². The van der Waals surface area contributed by atoms with Crippen molar-refractivity contribution in [3.8, 4) is 17.2 Å². The molecule has 0 radical (unpaired) electrons. The Morgan fingerprint density at radius 3 is 2.16 bits per heavy atom. The second-order valence-corrected chi connectivity index (χ2v) is 13.9. The van der Waals surface area contributed by atoms with Crippen LogP contribution in [-0.4, -0.2) is 53.0 Å². The number of alkyl halides is 3. The van der Waals surface area contributed by atoms with Gasteiger partial charge in [0.1, 0.15) is 5.54 Å². The number of hydrogen-bond acceptors (Lipinski definition) is 7. The molecule has 2 aromatic rings. The minimum absolute atomic E-state index is 0.00797. The van der Waals surface area contributed by atoms with Crippen LogP contribution in [0.5, 0.6) is 0 Å². The van der Waals surface area contributed by atoms with E-state index in [0.29, 0.717) is 12.8 Å². The van der Waals surface area contributed by atoms with Crippen molar-refractivity contribution < 1.29 is 39.5 Å². The molecule has 0 aromatic heterocycles. The largest absolute Gasteiger partial charge is 0.417 e. The number of ether oxygens (including phenoxy) is 1. The van der Waals surface area contributed by atoms with E-state index in [1.165, 1.54) is 37.4 Å². The number of amides is 1. The van der Waals surface area contributed by atoms with Crippen LogP contribution in [0.3, 0.4) is 0 Å². The van der Waals surface area contributed by atoms with Gasteiger partial charge in [0, 0.05) is 13.4 Å². The molecule has 38 heavy (non-hydrogen) atoms. The molecule has 2 aliphatic rings. The van der Waals surface area contributed by atoms with Crippen molar-refractivity contribution in [3.63, 3.8) is 0 Å². The lowest BCUT2D eigenvalue weighted by Gasteiger charge is -2.19. The number of halogens is 3. The predicted molar refractivity (Wildman–Crippen MR) is 130 cm³/mol. The third-order valence-electron chi connectivity index (χ3n) is 7.07. The molecule has 0 aliphatic heterocycles. The highest BCUT2D eigenvalue weighted by molar-refractivity contribution is 7.92. The number of carbonyl (C=O) groups excluding carboxylic acids is 1. The van der Waals surface area contributed by atoms with Crippen LogP contribution < -0.4 is 5.32 Å². The first-order chi connectivity index (χ1) is 17.6. The standard InChI is InChI=1S/C25H25F3N2O6S2/c1-36-21-13-18(12-19(21)23(31)30-24(14-29)9-10-24)38(34,35)22-8-5-16(11-20(22)25(26,27)28)15-3-6-17(7-4-15)37(2,32)33/h3-8,11,18-19,21H,9-10,12-13H2,1-2H3,(H,30,31)/t18-,19-,21-/m1/s1. The molecule has 1 N–H and O–H groups in total. The Morgan fingerprint density at radius 1 is 1.05 bits per heavy atom. The quantitative estimate of drug-likeness (QED) is 0.539. The molecule has 3 atom stereocenters. The fourth-order valence-electron chi connectivity index (χ4n) is 4.72. The summed E-state index contributed by atoms with van der Waals surface area (Å²) in [7, 11) is -6.76. The van der Waals surface area contributed by atoms with Gasteiger partial charge in [-0.15, -0.1) is 0 Å². The molecule has 2 aromatic carbocycles. The van der Waals surface area contributed by atoms with Crippen LogP contribution in [0.1, 0.15) is 31.2 Å². The molecule has 204 valence electrons. The maximum atomic E-state index is 14.1. The van der Waals surface area contributed by atoms with Gasteiger partial charge in [0.2, 0.25) is 5.91 Å². The van der Waals surface area contributed by atoms with Crippen LogP contribution in [-0.2, 0) is 35.4 Å². The van der Waals surface area contributed by atoms with Crippen LogP contribution in [0.4, 0.5) is 13.2 Å². The summed E-state index contributed by atoms with van der Waals surface area (Å²) in [6, 6.07) is 10.1. The molecule has 4 rings (SSSR count). The second-order valence-electron chi connectivity index (χ2n) is 9.71. The van der Waals surface area contributed by atoms with Gasteiger partial charge in [0.15, 0.2) is 19.7 Å². The summed E-state index contributed by atoms with van der Waals surface area (Å²) in [5.41, 5.74) is -2.01. The van der Waals surface area contributed by atoms with E-state index >= 15 is 0 Å². The molecule has 8 nitrogen and oxygen atoms in total. The van der Waals surface area contributed by atoms with Crippen molar-refractivity contribution in [2.75, 3.05) is 13.4 Å². The van der Waals surface area contributed by atoms with E-state index in [1.807, 2.05) is 6.07 Å². The van der Waals surface area contributed by atoms with Crippen LogP contribution >= 0.6 is 0 Å². The molecule has 0 unspecified atom stereocenters. The van der Waals surface area contributed by atoms with E-state index in [-0.39, 0.29) is 28.9 Å². The van der Waals surface area contributed by atoms with Crippen LogP contribution in [0.15, 0.2) is 52.3 Å². The Hall–Kier alpha value is -2.95. The van der Waals surface area contributed by atoms with Gasteiger partial charge in [0.05, 0.1) is 38.7 Å². The fraction of sp³-hybridized carbons (Fsp3) is 0.440. The Bertz CT molecular complexity index is 1510. The number of carbonyl (C=O) groups is 1. The van der Waals surface area contributed by atoms with Gasteiger partial charge in [-0.05, 0) is 61.1 Å². The van der Waals surface area contributed by atoms with E-state index in [0.717, 1.165) is 18.4 Å². The average Bonchev–Trinajstić information content (AvgIpc) is 3.48. The molecule has 0 heterocycles. The van der Waals surface area contributed by atoms with Crippen molar-refractivity contribution in [3.05, 3.63) is 48.0 Å². The SMILES string of the molecule is CO[C@@H]1C[C@H](S(=O)(=O)c2ccc(-c3ccc(S(C)(=O)=O)cc3)cc2C(F)(F)F)C[C@H]1C(=O)NC1(C#N)CC1. The summed E-state index contributed by atoms with van der Waals surface area (Å²) in [6.07, 6.45) is -4.33. The number of rotatable bonds is 7. The molecule has 2 aliphatic carbocycles. The highest BCUT2D eigenvalue weighted by atomic mass is 32.2. The summed E-state index contributed by atoms with van der Waals surface area (Å²) < 4.78 is 97.9. The third kappa shape index (κ3) is 5.43. The summed E-state index contributed by atoms with van der Waals surface area (Å²) in [5.74, 6) is -1.50. The number of nitrogens with one attached hydrogen (secondary N) is 1. The monoisotopic (exact) mass is 570 g/mol. The topological polar surface area (TPSA) is 130 Å². The Balaban J connectivity index is 1.66. The van der Waals surface area contributed by atoms with Gasteiger partial charge in [-0.2, -0.15) is 18.4 Å². The molecule has 0 saturated heterocycles. The van der Waals surface area contributed by atoms with Crippen LogP contribution in [0.2, 0.25) is 0 Å². The van der Waals surface area contributed by atoms with Gasteiger partial charge in [0.25, 0.3) is 0 Å². The first-order valence-corrected chi connectivity index (χ1v) is 15.1. The number of methoxy groups -OCH3 is 1. The van der Waals surface area contributed by atoms with Gasteiger partial charge in [-0.25, -0.2) is 16.8 Å². The molecule has 2 saturated carbocycles. The van der Waals surface area contributed by atoms with Crippen molar-refractivity contribution in [1.82, 2.24) is 5.32 Å². The molecule has 0 spiro atoms. The van der Waals surface area contributed by atoms with E-state index in [9.17, 15) is 40.1 Å². The number of benzene rings is 2. The molecular weight excluding hydrogens is 545 g/mol. The fourth-order valence-corrected chi connectivity index (χ4v) is 7.35. The second kappa shape index (κ2) is 9.66. The first-order valence-electron chi connectivity index (χ1n) is 11.6. The third-order valence-corrected chi connectivity index (χ3v) is 10.4. The molecule has 0 bridgehead atoms. The lowest BCUT2D eigenvalue weighted by atomic mass is 10.0. The van der Waals surface area contributed by atoms with Crippen molar-refractivity contribution in [1.29, 1.82) is 5.26 Å². The average molecular weight is 571 g/mol. The van der Waals surface area contributed by atoms with Gasteiger partial charge in [-0.1, -0.05) is 18.2 Å². The molecular formula is C25H25F3N2O6S2. The van der Waals surface area contributed by atoms with Crippen molar-refractivity contribution in [2.45, 2.75) is 58.5 Å². The summed E-state index contributed by atoms with van der Waals surface area (Å²) in [5, 5.41) is 10.5. The van der Waals surface area contributed by atoms with Gasteiger partial charge >= 0.3 is 6.18 Å². The first kappa shape index (κ1) is 28.1. The maximum Gasteiger partial charge on any atom is 0.417 e. The Kier molecular flexibility index (Phi) is 7.14. The zero-order valence-corrected chi connectivity index (χ0v) is 22.1. The van der Waals surface area contributed by atoms with E-state index in [4.69, 9.17) is 4.74 Å². The van der Waals surface area contributed by atoms with Crippen LogP contribution in [0.25, 0.3) is 11.1 Å². The maximum absolute atomic E-state index is 14.1. The number of nitrogens with zero attached hydrogens (tertiary/aromatic N) is 1. The smallest absolute Gasteiger partial charge is 0.381 e. The Labute approximate surface area is 218 Å². The highest BCUT2D eigenvalue weighted by Gasteiger charge is 2.51.